The summed E-state index contributed by atoms with van der Waals surface area (Å²) in [5, 5.41) is 2.71. The molecule has 0 heterocycles. The molecule has 0 nitrogen and oxygen atoms in total. The summed E-state index contributed by atoms with van der Waals surface area (Å²) in [6.45, 7) is 6.42. The summed E-state index contributed by atoms with van der Waals surface area (Å²) in [7, 11) is 0. The number of hydrogen-bond acceptors (Lipinski definition) is 0. The fourth-order valence-corrected chi connectivity index (χ4v) is 4.54. The minimum Gasteiger partial charge on any atom is -0.0801 e. The summed E-state index contributed by atoms with van der Waals surface area (Å²) < 4.78 is 0. The van der Waals surface area contributed by atoms with E-state index < -0.39 is 0 Å². The molecule has 0 radical (unpaired) electrons. The Hall–Kier alpha value is -4.16. The maximum Gasteiger partial charge on any atom is -0.00298 e. The van der Waals surface area contributed by atoms with Gasteiger partial charge in [0.1, 0.15) is 0 Å². The first-order valence-electron chi connectivity index (χ1n) is 12.6. The highest BCUT2D eigenvalue weighted by Crippen LogP contribution is 2.38. The van der Waals surface area contributed by atoms with Crippen LogP contribution in [0.3, 0.4) is 0 Å². The Kier molecular flexibility index (Phi) is 8.67. The van der Waals surface area contributed by atoms with E-state index in [0.717, 1.165) is 6.42 Å². The molecule has 0 amide bonds. The molecule has 5 aromatic rings. The Balaban J connectivity index is 0.000000177. The minimum absolute atomic E-state index is 0.999. The second-order valence-corrected chi connectivity index (χ2v) is 9.10. The van der Waals surface area contributed by atoms with Gasteiger partial charge in [-0.15, -0.1) is 0 Å². The van der Waals surface area contributed by atoms with Crippen LogP contribution in [0.25, 0.3) is 28.0 Å². The number of rotatable bonds is 1. The van der Waals surface area contributed by atoms with Crippen LogP contribution in [-0.4, -0.2) is 0 Å². The van der Waals surface area contributed by atoms with Crippen LogP contribution in [0.15, 0.2) is 133 Å². The summed E-state index contributed by atoms with van der Waals surface area (Å²) in [6.07, 6.45) is 9.82. The van der Waals surface area contributed by atoms with Gasteiger partial charge in [0.15, 0.2) is 0 Å². The lowest BCUT2D eigenvalue weighted by molar-refractivity contribution is 1.23. The Morgan fingerprint density at radius 2 is 1.00 bits per heavy atom. The Bertz CT molecular complexity index is 1400. The van der Waals surface area contributed by atoms with Crippen molar-refractivity contribution in [2.24, 2.45) is 0 Å². The van der Waals surface area contributed by atoms with Crippen molar-refractivity contribution in [2.75, 3.05) is 0 Å². The van der Waals surface area contributed by atoms with Gasteiger partial charge in [0.25, 0.3) is 0 Å². The van der Waals surface area contributed by atoms with Gasteiger partial charge in [-0.2, -0.15) is 0 Å². The molecule has 5 aromatic carbocycles. The lowest BCUT2D eigenvalue weighted by Crippen LogP contribution is -1.97. The first kappa shape index (κ1) is 24.9. The molecule has 0 spiro atoms. The van der Waals surface area contributed by atoms with Gasteiger partial charge in [-0.25, -0.2) is 0 Å². The van der Waals surface area contributed by atoms with Crippen LogP contribution in [0, 0.1) is 20.8 Å². The van der Waals surface area contributed by atoms with E-state index in [-0.39, 0.29) is 0 Å². The molecule has 0 bridgehead atoms. The molecule has 0 atom stereocenters. The molecule has 0 unspecified atom stereocenters. The summed E-state index contributed by atoms with van der Waals surface area (Å²) in [5.74, 6) is 0. The normalized spacial score (nSPS) is 11.4. The fourth-order valence-electron chi connectivity index (χ4n) is 4.54. The van der Waals surface area contributed by atoms with Gasteiger partial charge >= 0.3 is 0 Å². The summed E-state index contributed by atoms with van der Waals surface area (Å²) >= 11 is 0. The molecule has 1 aliphatic carbocycles. The largest absolute Gasteiger partial charge is 0.0801 e. The molecule has 0 saturated carbocycles. The molecule has 178 valence electrons. The van der Waals surface area contributed by atoms with Crippen LogP contribution in [-0.2, 0) is 6.42 Å². The second kappa shape index (κ2) is 12.5. The maximum atomic E-state index is 2.26. The third-order valence-corrected chi connectivity index (χ3v) is 6.42. The van der Waals surface area contributed by atoms with Gasteiger partial charge < -0.3 is 0 Å². The van der Waals surface area contributed by atoms with Gasteiger partial charge in [-0.1, -0.05) is 151 Å². The maximum absolute atomic E-state index is 2.26. The van der Waals surface area contributed by atoms with E-state index in [4.69, 9.17) is 0 Å². The zero-order chi connectivity index (χ0) is 25.2. The predicted molar refractivity (Wildman–Crippen MR) is 158 cm³/mol. The van der Waals surface area contributed by atoms with Crippen molar-refractivity contribution in [1.29, 1.82) is 0 Å². The molecule has 0 aliphatic heterocycles. The van der Waals surface area contributed by atoms with Crippen LogP contribution in [0.2, 0.25) is 0 Å². The van der Waals surface area contributed by atoms with Crippen molar-refractivity contribution in [3.8, 4) is 11.1 Å². The quantitative estimate of drug-likeness (QED) is 0.230. The average molecular weight is 467 g/mol. The highest BCUT2D eigenvalue weighted by molar-refractivity contribution is 6.03. The first-order valence-corrected chi connectivity index (χ1v) is 12.6. The van der Waals surface area contributed by atoms with Crippen molar-refractivity contribution < 1.29 is 0 Å². The van der Waals surface area contributed by atoms with E-state index >= 15 is 0 Å². The highest BCUT2D eigenvalue weighted by atomic mass is 14.2. The molecule has 0 aromatic heterocycles. The van der Waals surface area contributed by atoms with Gasteiger partial charge in [0.2, 0.25) is 0 Å². The first-order chi connectivity index (χ1) is 17.6. The minimum atomic E-state index is 0.999. The predicted octanol–water partition coefficient (Wildman–Crippen LogP) is 9.93. The number of hydrogen-bond donors (Lipinski definition) is 0. The van der Waals surface area contributed by atoms with Crippen molar-refractivity contribution in [1.82, 2.24) is 0 Å². The van der Waals surface area contributed by atoms with E-state index in [9.17, 15) is 0 Å². The molecule has 0 saturated heterocycles. The molecular formula is C36H34. The van der Waals surface area contributed by atoms with Crippen molar-refractivity contribution in [2.45, 2.75) is 27.2 Å². The summed E-state index contributed by atoms with van der Waals surface area (Å²) in [5.41, 5.74) is 9.51. The van der Waals surface area contributed by atoms with E-state index in [1.165, 1.54) is 49.7 Å². The molecular weight excluding hydrogens is 432 g/mol. The van der Waals surface area contributed by atoms with Gasteiger partial charge in [0, 0.05) is 0 Å². The van der Waals surface area contributed by atoms with Gasteiger partial charge in [-0.05, 0) is 65.8 Å². The third-order valence-electron chi connectivity index (χ3n) is 6.42. The van der Waals surface area contributed by atoms with Crippen molar-refractivity contribution >= 4 is 16.8 Å². The Labute approximate surface area is 216 Å². The highest BCUT2D eigenvalue weighted by Gasteiger charge is 2.16. The number of fused-ring (bicyclic) bond motifs is 2. The number of benzene rings is 5. The molecule has 0 fully saturated rings. The number of aryl methyl sites for hydroxylation is 3. The summed E-state index contributed by atoms with van der Waals surface area (Å²) in [4.78, 5) is 0. The van der Waals surface area contributed by atoms with Crippen LogP contribution in [0.4, 0.5) is 0 Å². The Morgan fingerprint density at radius 1 is 0.500 bits per heavy atom. The Morgan fingerprint density at radius 3 is 1.53 bits per heavy atom. The molecule has 0 heteroatoms. The van der Waals surface area contributed by atoms with Crippen molar-refractivity contribution in [3.05, 3.63) is 161 Å². The van der Waals surface area contributed by atoms with E-state index in [1.807, 2.05) is 36.4 Å². The lowest BCUT2D eigenvalue weighted by Gasteiger charge is -2.18. The van der Waals surface area contributed by atoms with Crippen molar-refractivity contribution in [3.63, 3.8) is 0 Å². The smallest absolute Gasteiger partial charge is 0.00298 e. The third kappa shape index (κ3) is 6.29. The van der Waals surface area contributed by atoms with Gasteiger partial charge in [0.05, 0.1) is 0 Å². The topological polar surface area (TPSA) is 0 Å². The molecule has 6 rings (SSSR count). The van der Waals surface area contributed by atoms with E-state index in [0.29, 0.717) is 0 Å². The molecule has 1 aliphatic rings. The average Bonchev–Trinajstić information content (AvgIpc) is 3.18. The second-order valence-electron chi connectivity index (χ2n) is 9.10. The van der Waals surface area contributed by atoms with Crippen LogP contribution in [0.5, 0.6) is 0 Å². The molecule has 0 N–H and O–H groups in total. The summed E-state index contributed by atoms with van der Waals surface area (Å²) in [6, 6.07) is 40.0. The van der Waals surface area contributed by atoms with E-state index in [2.05, 4.69) is 124 Å². The fraction of sp³-hybridized carbons (Fsp3) is 0.111. The monoisotopic (exact) mass is 466 g/mol. The van der Waals surface area contributed by atoms with Gasteiger partial charge in [-0.3, -0.25) is 0 Å². The lowest BCUT2D eigenvalue weighted by atomic mass is 9.85. The standard InChI is InChI=1S/C22H18.2C7H8/c1-16-18-12-6-3-7-14-20(18)22(17-10-4-2-5-11-17)21-15-9-8-13-19(16)21;2*1-7-5-3-2-4-6-7/h2-11,13-15H,12H2,1H3;2*2-6H,1H3. The zero-order valence-corrected chi connectivity index (χ0v) is 21.5. The van der Waals surface area contributed by atoms with E-state index in [1.54, 1.807) is 0 Å². The van der Waals surface area contributed by atoms with Crippen LogP contribution < -0.4 is 0 Å². The SMILES string of the molecule is Cc1c2c(c(-c3ccccc3)c3ccccc13)C=CC=CC2.Cc1ccccc1.Cc1ccccc1. The zero-order valence-electron chi connectivity index (χ0n) is 21.5. The number of allylic oxidation sites excluding steroid dienone is 3. The van der Waals surface area contributed by atoms with Crippen LogP contribution >= 0.6 is 0 Å². The van der Waals surface area contributed by atoms with Crippen LogP contribution in [0.1, 0.15) is 27.8 Å². The molecule has 36 heavy (non-hydrogen) atoms.